The third kappa shape index (κ3) is 5.98. The van der Waals surface area contributed by atoms with Crippen molar-refractivity contribution < 1.29 is 19.1 Å². The number of ether oxygens (including phenoxy) is 2. The van der Waals surface area contributed by atoms with Crippen LogP contribution in [-0.4, -0.2) is 32.2 Å². The van der Waals surface area contributed by atoms with E-state index < -0.39 is 11.9 Å². The Morgan fingerprint density at radius 2 is 1.54 bits per heavy atom. The van der Waals surface area contributed by atoms with Gasteiger partial charge in [0.25, 0.3) is 5.91 Å². The lowest BCUT2D eigenvalue weighted by molar-refractivity contribution is -0.150. The summed E-state index contributed by atoms with van der Waals surface area (Å²) in [6, 6.07) is 16.2. The molecule has 2 aromatic carbocycles. The molecule has 7 heteroatoms. The SMILES string of the molecule is COCC(=O)OCC(=O)Nc1ccc(N=Nc2ccccc2)cc1. The number of azo groups is 1. The van der Waals surface area contributed by atoms with E-state index in [1.165, 1.54) is 7.11 Å². The second-order valence-corrected chi connectivity index (χ2v) is 4.72. The van der Waals surface area contributed by atoms with E-state index in [2.05, 4.69) is 20.3 Å². The van der Waals surface area contributed by atoms with E-state index in [0.29, 0.717) is 11.4 Å². The molecule has 0 saturated heterocycles. The molecule has 0 bridgehead atoms. The molecule has 0 radical (unpaired) electrons. The first kappa shape index (κ1) is 17.3. The molecule has 0 aliphatic carbocycles. The smallest absolute Gasteiger partial charge is 0.332 e. The molecule has 0 aliphatic heterocycles. The van der Waals surface area contributed by atoms with E-state index >= 15 is 0 Å². The molecule has 2 rings (SSSR count). The van der Waals surface area contributed by atoms with Crippen LogP contribution in [0.2, 0.25) is 0 Å². The van der Waals surface area contributed by atoms with Gasteiger partial charge in [-0.15, -0.1) is 0 Å². The van der Waals surface area contributed by atoms with Crippen molar-refractivity contribution in [3.05, 3.63) is 54.6 Å². The number of benzene rings is 2. The number of hydrogen-bond acceptors (Lipinski definition) is 6. The molecule has 2 aromatic rings. The number of carbonyl (C=O) groups is 2. The largest absolute Gasteiger partial charge is 0.454 e. The van der Waals surface area contributed by atoms with Crippen LogP contribution in [0.1, 0.15) is 0 Å². The van der Waals surface area contributed by atoms with Crippen LogP contribution >= 0.6 is 0 Å². The van der Waals surface area contributed by atoms with E-state index in [9.17, 15) is 9.59 Å². The van der Waals surface area contributed by atoms with Gasteiger partial charge in [0.2, 0.25) is 0 Å². The molecular weight excluding hydrogens is 310 g/mol. The Bertz CT molecular complexity index is 700. The molecule has 0 heterocycles. The Kier molecular flexibility index (Phi) is 6.60. The number of carbonyl (C=O) groups excluding carboxylic acids is 2. The zero-order chi connectivity index (χ0) is 17.2. The van der Waals surface area contributed by atoms with Crippen molar-refractivity contribution in [3.63, 3.8) is 0 Å². The third-order valence-corrected chi connectivity index (χ3v) is 2.81. The van der Waals surface area contributed by atoms with Gasteiger partial charge in [-0.1, -0.05) is 18.2 Å². The van der Waals surface area contributed by atoms with Gasteiger partial charge < -0.3 is 14.8 Å². The third-order valence-electron chi connectivity index (χ3n) is 2.81. The number of anilines is 1. The standard InChI is InChI=1S/C17H17N3O4/c1-23-12-17(22)24-11-16(21)18-13-7-9-15(10-8-13)20-19-14-5-3-2-4-6-14/h2-10H,11-12H2,1H3,(H,18,21). The second-order valence-electron chi connectivity index (χ2n) is 4.72. The number of methoxy groups -OCH3 is 1. The van der Waals surface area contributed by atoms with Crippen LogP contribution in [0.25, 0.3) is 0 Å². The minimum absolute atomic E-state index is 0.186. The van der Waals surface area contributed by atoms with Crippen LogP contribution in [0.5, 0.6) is 0 Å². The average Bonchev–Trinajstić information content (AvgIpc) is 2.61. The summed E-state index contributed by atoms with van der Waals surface area (Å²) in [6.45, 7) is -0.550. The van der Waals surface area contributed by atoms with Crippen LogP contribution in [-0.2, 0) is 19.1 Å². The highest BCUT2D eigenvalue weighted by atomic mass is 16.6. The molecular formula is C17H17N3O4. The van der Waals surface area contributed by atoms with Crippen molar-refractivity contribution in [2.45, 2.75) is 0 Å². The van der Waals surface area contributed by atoms with Gasteiger partial charge in [0.05, 0.1) is 11.4 Å². The molecule has 0 fully saturated rings. The number of esters is 1. The van der Waals surface area contributed by atoms with Crippen LogP contribution in [0.3, 0.4) is 0 Å². The number of rotatable bonds is 7. The normalized spacial score (nSPS) is 10.5. The lowest BCUT2D eigenvalue weighted by Crippen LogP contribution is -2.22. The highest BCUT2D eigenvalue weighted by molar-refractivity contribution is 5.92. The summed E-state index contributed by atoms with van der Waals surface area (Å²) < 4.78 is 9.31. The minimum atomic E-state index is -0.593. The molecule has 0 spiro atoms. The second kappa shape index (κ2) is 9.16. The maximum Gasteiger partial charge on any atom is 0.332 e. The molecule has 0 atom stereocenters. The first-order chi connectivity index (χ1) is 11.7. The molecule has 0 unspecified atom stereocenters. The minimum Gasteiger partial charge on any atom is -0.454 e. The van der Waals surface area contributed by atoms with Crippen molar-refractivity contribution in [1.82, 2.24) is 0 Å². The van der Waals surface area contributed by atoms with E-state index in [1.807, 2.05) is 30.3 Å². The van der Waals surface area contributed by atoms with Gasteiger partial charge in [0.15, 0.2) is 6.61 Å². The van der Waals surface area contributed by atoms with Crippen LogP contribution in [0.4, 0.5) is 17.1 Å². The van der Waals surface area contributed by atoms with Gasteiger partial charge in [-0.2, -0.15) is 10.2 Å². The highest BCUT2D eigenvalue weighted by Gasteiger charge is 2.07. The summed E-state index contributed by atoms with van der Waals surface area (Å²) in [5, 5.41) is 10.8. The van der Waals surface area contributed by atoms with Crippen LogP contribution < -0.4 is 5.32 Å². The van der Waals surface area contributed by atoms with Crippen molar-refractivity contribution in [3.8, 4) is 0 Å². The van der Waals surface area contributed by atoms with E-state index in [-0.39, 0.29) is 13.2 Å². The summed E-state index contributed by atoms with van der Waals surface area (Å²) in [5.41, 5.74) is 1.98. The molecule has 1 amide bonds. The Morgan fingerprint density at radius 3 is 2.17 bits per heavy atom. The lowest BCUT2D eigenvalue weighted by atomic mass is 10.3. The molecule has 0 aliphatic rings. The molecule has 7 nitrogen and oxygen atoms in total. The number of hydrogen-bond donors (Lipinski definition) is 1. The Hall–Kier alpha value is -3.06. The van der Waals surface area contributed by atoms with E-state index in [1.54, 1.807) is 24.3 Å². The quantitative estimate of drug-likeness (QED) is 0.624. The average molecular weight is 327 g/mol. The number of nitrogens with zero attached hydrogens (tertiary/aromatic N) is 2. The van der Waals surface area contributed by atoms with Crippen molar-refractivity contribution in [2.75, 3.05) is 25.6 Å². The fourth-order valence-electron chi connectivity index (χ4n) is 1.72. The summed E-state index contributed by atoms with van der Waals surface area (Å²) in [4.78, 5) is 22.7. The van der Waals surface area contributed by atoms with Gasteiger partial charge >= 0.3 is 5.97 Å². The fraction of sp³-hybridized carbons (Fsp3) is 0.176. The van der Waals surface area contributed by atoms with E-state index in [4.69, 9.17) is 4.74 Å². The predicted octanol–water partition coefficient (Wildman–Crippen LogP) is 3.23. The van der Waals surface area contributed by atoms with Crippen molar-refractivity contribution in [1.29, 1.82) is 0 Å². The Labute approximate surface area is 139 Å². The maximum atomic E-state index is 11.6. The monoisotopic (exact) mass is 327 g/mol. The number of nitrogens with one attached hydrogen (secondary N) is 1. The van der Waals surface area contributed by atoms with Gasteiger partial charge in [-0.3, -0.25) is 4.79 Å². The Morgan fingerprint density at radius 1 is 0.917 bits per heavy atom. The summed E-state index contributed by atoms with van der Waals surface area (Å²) in [5.74, 6) is -1.03. The molecule has 1 N–H and O–H groups in total. The molecule has 0 saturated carbocycles. The molecule has 24 heavy (non-hydrogen) atoms. The number of amides is 1. The summed E-state index contributed by atoms with van der Waals surface area (Å²) in [7, 11) is 1.37. The van der Waals surface area contributed by atoms with Gasteiger partial charge in [0.1, 0.15) is 6.61 Å². The zero-order valence-electron chi connectivity index (χ0n) is 13.1. The molecule has 0 aromatic heterocycles. The fourth-order valence-corrected chi connectivity index (χ4v) is 1.72. The lowest BCUT2D eigenvalue weighted by Gasteiger charge is -2.06. The van der Waals surface area contributed by atoms with Gasteiger partial charge in [-0.05, 0) is 36.4 Å². The van der Waals surface area contributed by atoms with Crippen molar-refractivity contribution >= 4 is 28.9 Å². The summed E-state index contributed by atoms with van der Waals surface area (Å²) in [6.07, 6.45) is 0. The highest BCUT2D eigenvalue weighted by Crippen LogP contribution is 2.19. The Balaban J connectivity index is 1.84. The predicted molar refractivity (Wildman–Crippen MR) is 88.5 cm³/mol. The van der Waals surface area contributed by atoms with Crippen LogP contribution in [0, 0.1) is 0 Å². The van der Waals surface area contributed by atoms with E-state index in [0.717, 1.165) is 5.69 Å². The first-order valence-electron chi connectivity index (χ1n) is 7.18. The van der Waals surface area contributed by atoms with Gasteiger partial charge in [0, 0.05) is 12.8 Å². The first-order valence-corrected chi connectivity index (χ1v) is 7.18. The zero-order valence-corrected chi connectivity index (χ0v) is 13.1. The summed E-state index contributed by atoms with van der Waals surface area (Å²) >= 11 is 0. The van der Waals surface area contributed by atoms with Crippen LogP contribution in [0.15, 0.2) is 64.8 Å². The van der Waals surface area contributed by atoms with Gasteiger partial charge in [-0.25, -0.2) is 4.79 Å². The maximum absolute atomic E-state index is 11.6. The molecule has 124 valence electrons. The van der Waals surface area contributed by atoms with Crippen molar-refractivity contribution in [2.24, 2.45) is 10.2 Å². The topological polar surface area (TPSA) is 89.3 Å².